The number of rotatable bonds is 5. The lowest BCUT2D eigenvalue weighted by Crippen LogP contribution is -2.32. The number of amides is 1. The van der Waals surface area contributed by atoms with Crippen molar-refractivity contribution in [3.8, 4) is 5.69 Å². The van der Waals surface area contributed by atoms with Crippen LogP contribution in [0.3, 0.4) is 0 Å². The number of hydrogen-bond acceptors (Lipinski definition) is 3. The maximum atomic E-state index is 13.1. The van der Waals surface area contributed by atoms with Crippen molar-refractivity contribution in [1.82, 2.24) is 15.1 Å². The molecule has 0 saturated carbocycles. The molecule has 1 aromatic heterocycles. The molecule has 0 saturated heterocycles. The Hall–Kier alpha value is -3.51. The maximum Gasteiger partial charge on any atom is 0.272 e. The number of aromatic nitrogens is 2. The first-order valence-corrected chi connectivity index (χ1v) is 10.2. The maximum absolute atomic E-state index is 13.1. The topological polar surface area (TPSA) is 64.0 Å². The van der Waals surface area contributed by atoms with E-state index in [-0.39, 0.29) is 23.2 Å². The summed E-state index contributed by atoms with van der Waals surface area (Å²) in [5, 5.41) is 7.33. The van der Waals surface area contributed by atoms with E-state index in [0.29, 0.717) is 5.69 Å². The molecule has 4 rings (SSSR count). The smallest absolute Gasteiger partial charge is 0.272 e. The molecule has 148 valence electrons. The second kappa shape index (κ2) is 8.88. The molecule has 1 amide bonds. The Morgan fingerprint density at radius 1 is 0.800 bits per heavy atom. The number of carbonyl (C=O) groups excluding carboxylic acids is 1. The molecule has 0 aliphatic heterocycles. The summed E-state index contributed by atoms with van der Waals surface area (Å²) in [4.78, 5) is 25.3. The zero-order valence-electron chi connectivity index (χ0n) is 15.9. The monoisotopic (exact) mass is 459 g/mol. The molecule has 0 aliphatic rings. The van der Waals surface area contributed by atoms with E-state index in [0.717, 1.165) is 15.6 Å². The van der Waals surface area contributed by atoms with E-state index >= 15 is 0 Å². The van der Waals surface area contributed by atoms with E-state index in [4.69, 9.17) is 0 Å². The van der Waals surface area contributed by atoms with E-state index in [2.05, 4.69) is 26.3 Å². The summed E-state index contributed by atoms with van der Waals surface area (Å²) in [6, 6.07) is 29.0. The Balaban J connectivity index is 1.68. The van der Waals surface area contributed by atoms with Crippen molar-refractivity contribution in [3.63, 3.8) is 0 Å². The molecule has 4 aromatic rings. The van der Waals surface area contributed by atoms with Gasteiger partial charge in [-0.1, -0.05) is 76.6 Å². The number of nitrogens with zero attached hydrogens (tertiary/aromatic N) is 2. The highest BCUT2D eigenvalue weighted by Gasteiger charge is 2.19. The van der Waals surface area contributed by atoms with Crippen LogP contribution < -0.4 is 10.9 Å². The van der Waals surface area contributed by atoms with Crippen LogP contribution in [0, 0.1) is 0 Å². The fourth-order valence-corrected chi connectivity index (χ4v) is 3.42. The minimum atomic E-state index is -0.364. The van der Waals surface area contributed by atoms with Gasteiger partial charge in [0, 0.05) is 10.5 Å². The van der Waals surface area contributed by atoms with Crippen molar-refractivity contribution < 1.29 is 4.79 Å². The number of halogens is 1. The lowest BCUT2D eigenvalue weighted by molar-refractivity contribution is 0.0936. The third kappa shape index (κ3) is 4.39. The van der Waals surface area contributed by atoms with Crippen LogP contribution >= 0.6 is 15.9 Å². The summed E-state index contributed by atoms with van der Waals surface area (Å²) in [6.45, 7) is 0. The highest BCUT2D eigenvalue weighted by Crippen LogP contribution is 2.24. The van der Waals surface area contributed by atoms with E-state index in [9.17, 15) is 9.59 Å². The van der Waals surface area contributed by atoms with Gasteiger partial charge in [0.15, 0.2) is 0 Å². The molecule has 3 aromatic carbocycles. The second-order valence-corrected chi connectivity index (χ2v) is 7.59. The predicted octanol–water partition coefficient (Wildman–Crippen LogP) is 4.51. The number of hydrogen-bond donors (Lipinski definition) is 1. The van der Waals surface area contributed by atoms with Gasteiger partial charge < -0.3 is 5.32 Å². The van der Waals surface area contributed by atoms with Crippen LogP contribution in [0.4, 0.5) is 0 Å². The fraction of sp³-hybridized carbons (Fsp3) is 0.0417. The fourth-order valence-electron chi connectivity index (χ4n) is 3.15. The molecular formula is C24H18BrN3O2. The zero-order chi connectivity index (χ0) is 20.9. The van der Waals surface area contributed by atoms with Gasteiger partial charge in [-0.2, -0.15) is 9.78 Å². The van der Waals surface area contributed by atoms with Crippen molar-refractivity contribution >= 4 is 21.8 Å². The van der Waals surface area contributed by atoms with Crippen LogP contribution in [-0.4, -0.2) is 15.7 Å². The van der Waals surface area contributed by atoms with Crippen LogP contribution in [-0.2, 0) is 0 Å². The summed E-state index contributed by atoms with van der Waals surface area (Å²) < 4.78 is 2.19. The average molecular weight is 460 g/mol. The van der Waals surface area contributed by atoms with Crippen LogP contribution in [0.2, 0.25) is 0 Å². The molecule has 6 heteroatoms. The summed E-state index contributed by atoms with van der Waals surface area (Å²) in [5.41, 5.74) is 2.35. The van der Waals surface area contributed by atoms with Crippen LogP contribution in [0.1, 0.15) is 27.7 Å². The second-order valence-electron chi connectivity index (χ2n) is 6.67. The quantitative estimate of drug-likeness (QED) is 0.477. The van der Waals surface area contributed by atoms with Crippen molar-refractivity contribution in [1.29, 1.82) is 0 Å². The first-order valence-electron chi connectivity index (χ1n) is 9.39. The molecule has 5 nitrogen and oxygen atoms in total. The summed E-state index contributed by atoms with van der Waals surface area (Å²) in [5.74, 6) is -0.364. The third-order valence-electron chi connectivity index (χ3n) is 4.65. The van der Waals surface area contributed by atoms with Gasteiger partial charge in [0.2, 0.25) is 0 Å². The number of benzene rings is 3. The van der Waals surface area contributed by atoms with Crippen molar-refractivity contribution in [2.45, 2.75) is 6.04 Å². The minimum absolute atomic E-state index is 0.163. The van der Waals surface area contributed by atoms with Gasteiger partial charge in [0.25, 0.3) is 11.5 Å². The van der Waals surface area contributed by atoms with Gasteiger partial charge in [-0.3, -0.25) is 9.59 Å². The minimum Gasteiger partial charge on any atom is -0.340 e. The van der Waals surface area contributed by atoms with Gasteiger partial charge in [-0.05, 0) is 41.5 Å². The standard InChI is InChI=1S/C24H18BrN3O2/c25-19-13-11-18(12-14-19)23(17-7-3-1-4-8-17)26-24(30)21-15-16-22(29)28(27-21)20-9-5-2-6-10-20/h1-16,23H,(H,26,30). The van der Waals surface area contributed by atoms with Crippen LogP contribution in [0.5, 0.6) is 0 Å². The molecule has 0 bridgehead atoms. The van der Waals surface area contributed by atoms with Crippen molar-refractivity contribution in [3.05, 3.63) is 129 Å². The molecule has 0 spiro atoms. The molecule has 1 heterocycles. The highest BCUT2D eigenvalue weighted by molar-refractivity contribution is 9.10. The van der Waals surface area contributed by atoms with E-state index in [1.54, 1.807) is 12.1 Å². The van der Waals surface area contributed by atoms with Gasteiger partial charge in [0.05, 0.1) is 11.7 Å². The van der Waals surface area contributed by atoms with Gasteiger partial charge in [-0.15, -0.1) is 0 Å². The average Bonchev–Trinajstić information content (AvgIpc) is 2.79. The Morgan fingerprint density at radius 2 is 1.40 bits per heavy atom. The SMILES string of the molecule is O=C(NC(c1ccccc1)c1ccc(Br)cc1)c1ccc(=O)n(-c2ccccc2)n1. The first kappa shape index (κ1) is 19.8. The lowest BCUT2D eigenvalue weighted by Gasteiger charge is -2.20. The van der Waals surface area contributed by atoms with Gasteiger partial charge in [0.1, 0.15) is 5.69 Å². The van der Waals surface area contributed by atoms with E-state index in [1.807, 2.05) is 72.8 Å². The van der Waals surface area contributed by atoms with Crippen molar-refractivity contribution in [2.75, 3.05) is 0 Å². The molecule has 0 aliphatic carbocycles. The molecule has 1 unspecified atom stereocenters. The largest absolute Gasteiger partial charge is 0.340 e. The number of para-hydroxylation sites is 1. The highest BCUT2D eigenvalue weighted by atomic mass is 79.9. The van der Waals surface area contributed by atoms with Gasteiger partial charge in [-0.25, -0.2) is 0 Å². The van der Waals surface area contributed by atoms with E-state index < -0.39 is 0 Å². The molecule has 1 atom stereocenters. The lowest BCUT2D eigenvalue weighted by atomic mass is 9.98. The summed E-state index contributed by atoms with van der Waals surface area (Å²) in [7, 11) is 0. The Kier molecular flexibility index (Phi) is 5.86. The Morgan fingerprint density at radius 3 is 2.07 bits per heavy atom. The zero-order valence-corrected chi connectivity index (χ0v) is 17.5. The molecule has 0 fully saturated rings. The number of nitrogens with one attached hydrogen (secondary N) is 1. The number of carbonyl (C=O) groups is 1. The van der Waals surface area contributed by atoms with Gasteiger partial charge >= 0.3 is 0 Å². The summed E-state index contributed by atoms with van der Waals surface area (Å²) in [6.07, 6.45) is 0. The molecule has 1 N–H and O–H groups in total. The van der Waals surface area contributed by atoms with Crippen LogP contribution in [0.15, 0.2) is 106 Å². The Bertz CT molecular complexity index is 1210. The Labute approximate surface area is 182 Å². The normalized spacial score (nSPS) is 11.6. The molecule has 30 heavy (non-hydrogen) atoms. The van der Waals surface area contributed by atoms with Crippen molar-refractivity contribution in [2.24, 2.45) is 0 Å². The predicted molar refractivity (Wildman–Crippen MR) is 120 cm³/mol. The molecular weight excluding hydrogens is 442 g/mol. The molecule has 0 radical (unpaired) electrons. The first-order chi connectivity index (χ1) is 14.6. The van der Waals surface area contributed by atoms with Crippen LogP contribution in [0.25, 0.3) is 5.69 Å². The third-order valence-corrected chi connectivity index (χ3v) is 5.17. The summed E-state index contributed by atoms with van der Waals surface area (Å²) >= 11 is 3.45. The van der Waals surface area contributed by atoms with E-state index in [1.165, 1.54) is 16.8 Å².